The molecule has 2 aromatic carbocycles. The van der Waals surface area contributed by atoms with Crippen LogP contribution in [0, 0.1) is 0 Å². The number of ether oxygens (including phenoxy) is 3. The molecule has 0 fully saturated rings. The van der Waals surface area contributed by atoms with Gasteiger partial charge in [-0.3, -0.25) is 14.2 Å². The summed E-state index contributed by atoms with van der Waals surface area (Å²) in [5.41, 5.74) is 0.843. The fourth-order valence-corrected chi connectivity index (χ4v) is 3.98. The van der Waals surface area contributed by atoms with Gasteiger partial charge >= 0.3 is 5.97 Å². The van der Waals surface area contributed by atoms with Crippen molar-refractivity contribution in [2.75, 3.05) is 26.6 Å². The van der Waals surface area contributed by atoms with Crippen molar-refractivity contribution in [1.29, 1.82) is 0 Å². The number of para-hydroxylation sites is 1. The summed E-state index contributed by atoms with van der Waals surface area (Å²) in [6.45, 7) is 1.96. The second kappa shape index (κ2) is 10.3. The number of hydrogen-bond acceptors (Lipinski definition) is 8. The zero-order valence-electron chi connectivity index (χ0n) is 17.5. The van der Waals surface area contributed by atoms with Gasteiger partial charge in [0.05, 0.1) is 49.9 Å². The lowest BCUT2D eigenvalue weighted by Crippen LogP contribution is -2.23. The topological polar surface area (TPSA) is 99.9 Å². The van der Waals surface area contributed by atoms with Crippen molar-refractivity contribution in [2.24, 2.45) is 0 Å². The van der Waals surface area contributed by atoms with Crippen molar-refractivity contribution >= 4 is 28.6 Å². The summed E-state index contributed by atoms with van der Waals surface area (Å²) in [7, 11) is 3.05. The first-order chi connectivity index (χ1) is 15.0. The Morgan fingerprint density at radius 1 is 1.16 bits per heavy atom. The number of carbonyl (C=O) groups is 1. The highest BCUT2D eigenvalue weighted by Gasteiger charge is 2.18. The monoisotopic (exact) mass is 444 g/mol. The highest BCUT2D eigenvalue weighted by atomic mass is 32.2. The molecule has 0 aliphatic heterocycles. The number of aliphatic hydroxyl groups is 1. The van der Waals surface area contributed by atoms with E-state index < -0.39 is 12.1 Å². The second-order valence-corrected chi connectivity index (χ2v) is 7.55. The molecular weight excluding hydrogens is 420 g/mol. The summed E-state index contributed by atoms with van der Waals surface area (Å²) >= 11 is 1.18. The highest BCUT2D eigenvalue weighted by Crippen LogP contribution is 2.30. The molecule has 164 valence electrons. The molecule has 1 N–H and O–H groups in total. The smallest absolute Gasteiger partial charge is 0.308 e. The predicted octanol–water partition coefficient (Wildman–Crippen LogP) is 2.81. The number of fused-ring (bicyclic) bond motifs is 1. The lowest BCUT2D eigenvalue weighted by atomic mass is 10.2. The van der Waals surface area contributed by atoms with Crippen molar-refractivity contribution in [3.8, 4) is 17.2 Å². The molecule has 1 atom stereocenters. The van der Waals surface area contributed by atoms with E-state index in [-0.39, 0.29) is 24.3 Å². The lowest BCUT2D eigenvalue weighted by molar-refractivity contribution is -0.144. The summed E-state index contributed by atoms with van der Waals surface area (Å²) in [6.07, 6.45) is -1.07. The van der Waals surface area contributed by atoms with E-state index in [0.29, 0.717) is 33.2 Å². The van der Waals surface area contributed by atoms with Gasteiger partial charge < -0.3 is 19.3 Å². The summed E-state index contributed by atoms with van der Waals surface area (Å²) in [5, 5.41) is 11.1. The van der Waals surface area contributed by atoms with Crippen molar-refractivity contribution in [1.82, 2.24) is 9.55 Å². The first-order valence-corrected chi connectivity index (χ1v) is 10.7. The van der Waals surface area contributed by atoms with Crippen LogP contribution in [0.1, 0.15) is 13.3 Å². The van der Waals surface area contributed by atoms with Gasteiger partial charge in [0.15, 0.2) is 16.7 Å². The van der Waals surface area contributed by atoms with E-state index in [0.717, 1.165) is 0 Å². The van der Waals surface area contributed by atoms with Crippen LogP contribution in [0.3, 0.4) is 0 Å². The van der Waals surface area contributed by atoms with E-state index in [4.69, 9.17) is 14.2 Å². The van der Waals surface area contributed by atoms with Gasteiger partial charge in [-0.25, -0.2) is 4.98 Å². The SMILES string of the molecule is CCOC(=O)C[C@@H](O)CSc1nc2ccccc2c(=O)n1-c1ccc(OC)c(OC)c1. The quantitative estimate of drug-likeness (QED) is 0.306. The average Bonchev–Trinajstić information content (AvgIpc) is 2.77. The van der Waals surface area contributed by atoms with Crippen LogP contribution >= 0.6 is 11.8 Å². The molecule has 0 bridgehead atoms. The Morgan fingerprint density at radius 3 is 2.61 bits per heavy atom. The maximum absolute atomic E-state index is 13.3. The molecule has 3 rings (SSSR count). The third-order valence-electron chi connectivity index (χ3n) is 4.48. The van der Waals surface area contributed by atoms with Gasteiger partial charge in [0.2, 0.25) is 0 Å². The second-order valence-electron chi connectivity index (χ2n) is 6.57. The van der Waals surface area contributed by atoms with Crippen LogP contribution in [0.2, 0.25) is 0 Å². The number of nitrogens with zero attached hydrogens (tertiary/aromatic N) is 2. The Bertz CT molecular complexity index is 1130. The average molecular weight is 445 g/mol. The predicted molar refractivity (Wildman–Crippen MR) is 118 cm³/mol. The standard InChI is InChI=1S/C22H24N2O6S/c1-4-30-20(26)12-15(25)13-31-22-23-17-8-6-5-7-16(17)21(27)24(22)14-9-10-18(28-2)19(11-14)29-3/h5-11,15,25H,4,12-13H2,1-3H3/t15-/m1/s1. The van der Waals surface area contributed by atoms with Gasteiger partial charge in [-0.15, -0.1) is 0 Å². The zero-order chi connectivity index (χ0) is 22.4. The van der Waals surface area contributed by atoms with Gasteiger partial charge in [-0.05, 0) is 31.2 Å². The number of thioether (sulfide) groups is 1. The Kier molecular flexibility index (Phi) is 7.54. The fourth-order valence-electron chi connectivity index (χ4n) is 3.04. The number of hydrogen-bond donors (Lipinski definition) is 1. The number of aromatic nitrogens is 2. The van der Waals surface area contributed by atoms with Gasteiger partial charge in [-0.2, -0.15) is 0 Å². The molecule has 0 saturated heterocycles. The van der Waals surface area contributed by atoms with E-state index in [2.05, 4.69) is 4.98 Å². The van der Waals surface area contributed by atoms with E-state index in [1.807, 2.05) is 0 Å². The number of methoxy groups -OCH3 is 2. The maximum atomic E-state index is 13.3. The summed E-state index contributed by atoms with van der Waals surface area (Å²) in [5.74, 6) is 0.696. The molecule has 3 aromatic rings. The lowest BCUT2D eigenvalue weighted by Gasteiger charge is -2.16. The summed E-state index contributed by atoms with van der Waals surface area (Å²) in [6, 6.07) is 12.2. The molecule has 31 heavy (non-hydrogen) atoms. The van der Waals surface area contributed by atoms with E-state index in [1.54, 1.807) is 49.4 Å². The molecule has 0 aliphatic rings. The van der Waals surface area contributed by atoms with Crippen molar-refractivity contribution < 1.29 is 24.1 Å². The zero-order valence-corrected chi connectivity index (χ0v) is 18.3. The molecule has 0 amide bonds. The number of rotatable bonds is 9. The number of aliphatic hydroxyl groups excluding tert-OH is 1. The normalized spacial score (nSPS) is 11.9. The molecule has 8 nitrogen and oxygen atoms in total. The van der Waals surface area contributed by atoms with Gasteiger partial charge in [0.25, 0.3) is 5.56 Å². The molecule has 0 saturated carbocycles. The van der Waals surface area contributed by atoms with Crippen molar-refractivity contribution in [3.05, 3.63) is 52.8 Å². The van der Waals surface area contributed by atoms with E-state index in [9.17, 15) is 14.7 Å². The number of esters is 1. The van der Waals surface area contributed by atoms with Crippen LogP contribution in [-0.4, -0.2) is 53.3 Å². The Balaban J connectivity index is 2.02. The molecule has 9 heteroatoms. The minimum atomic E-state index is -0.939. The van der Waals surface area contributed by atoms with Crippen LogP contribution < -0.4 is 15.0 Å². The molecule has 1 aromatic heterocycles. The van der Waals surface area contributed by atoms with Gasteiger partial charge in [0, 0.05) is 11.8 Å². The minimum absolute atomic E-state index is 0.130. The Hall–Kier alpha value is -3.04. The van der Waals surface area contributed by atoms with Crippen LogP contribution in [0.4, 0.5) is 0 Å². The molecule has 0 unspecified atom stereocenters. The summed E-state index contributed by atoms with van der Waals surface area (Å²) in [4.78, 5) is 29.6. The van der Waals surface area contributed by atoms with Crippen molar-refractivity contribution in [3.63, 3.8) is 0 Å². The molecule has 1 heterocycles. The van der Waals surface area contributed by atoms with E-state index >= 15 is 0 Å². The fraction of sp³-hybridized carbons (Fsp3) is 0.318. The van der Waals surface area contributed by atoms with E-state index in [1.165, 1.54) is 30.5 Å². The van der Waals surface area contributed by atoms with Crippen LogP contribution in [-0.2, 0) is 9.53 Å². The third-order valence-corrected chi connectivity index (χ3v) is 5.57. The Labute approximate surface area is 183 Å². The highest BCUT2D eigenvalue weighted by molar-refractivity contribution is 7.99. The van der Waals surface area contributed by atoms with Crippen LogP contribution in [0.5, 0.6) is 11.5 Å². The number of carbonyl (C=O) groups excluding carboxylic acids is 1. The largest absolute Gasteiger partial charge is 0.493 e. The summed E-state index contributed by atoms with van der Waals surface area (Å²) < 4.78 is 17.0. The maximum Gasteiger partial charge on any atom is 0.308 e. The number of benzene rings is 2. The first-order valence-electron chi connectivity index (χ1n) is 9.69. The first kappa shape index (κ1) is 22.6. The molecule has 0 spiro atoms. The minimum Gasteiger partial charge on any atom is -0.493 e. The molecular formula is C22H24N2O6S. The Morgan fingerprint density at radius 2 is 1.90 bits per heavy atom. The van der Waals surface area contributed by atoms with Crippen LogP contribution in [0.25, 0.3) is 16.6 Å². The van der Waals surface area contributed by atoms with Crippen LogP contribution in [0.15, 0.2) is 52.4 Å². The molecule has 0 radical (unpaired) electrons. The van der Waals surface area contributed by atoms with Gasteiger partial charge in [-0.1, -0.05) is 23.9 Å². The molecule has 0 aliphatic carbocycles. The van der Waals surface area contributed by atoms with Crippen molar-refractivity contribution in [2.45, 2.75) is 24.6 Å². The van der Waals surface area contributed by atoms with Gasteiger partial charge in [0.1, 0.15) is 0 Å². The third kappa shape index (κ3) is 5.18.